The van der Waals surface area contributed by atoms with Crippen LogP contribution in [-0.2, 0) is 11.8 Å². The second kappa shape index (κ2) is 3.20. The smallest absolute Gasteiger partial charge is 0.152 e. The molecule has 1 saturated heterocycles. The van der Waals surface area contributed by atoms with Gasteiger partial charge < -0.3 is 4.90 Å². The van der Waals surface area contributed by atoms with Crippen molar-refractivity contribution in [3.63, 3.8) is 0 Å². The van der Waals surface area contributed by atoms with Gasteiger partial charge in [-0.1, -0.05) is 0 Å². The maximum absolute atomic E-state index is 11.2. The predicted octanol–water partition coefficient (Wildman–Crippen LogP) is 0.589. The van der Waals surface area contributed by atoms with Gasteiger partial charge >= 0.3 is 0 Å². The Morgan fingerprint density at radius 2 is 2.38 bits per heavy atom. The molecule has 0 atom stereocenters. The Labute approximate surface area is 77.1 Å². The molecule has 1 aromatic rings. The number of carbonyl (C=O) groups excluding carboxylic acids is 1. The van der Waals surface area contributed by atoms with Crippen LogP contribution in [0, 0.1) is 0 Å². The average molecular weight is 179 g/mol. The summed E-state index contributed by atoms with van der Waals surface area (Å²) in [5, 5.41) is 4.08. The third-order valence-corrected chi connectivity index (χ3v) is 2.37. The van der Waals surface area contributed by atoms with Crippen molar-refractivity contribution >= 4 is 11.6 Å². The maximum atomic E-state index is 11.2. The van der Waals surface area contributed by atoms with Crippen LogP contribution in [0.25, 0.3) is 0 Å². The number of piperidine rings is 1. The Balaban J connectivity index is 2.17. The largest absolute Gasteiger partial charge is 0.349 e. The lowest BCUT2D eigenvalue weighted by atomic mass is 10.1. The van der Waals surface area contributed by atoms with E-state index in [4.69, 9.17) is 0 Å². The first-order chi connectivity index (χ1) is 6.27. The van der Waals surface area contributed by atoms with Crippen molar-refractivity contribution in [1.82, 2.24) is 9.78 Å². The van der Waals surface area contributed by atoms with Gasteiger partial charge in [0.1, 0.15) is 5.82 Å². The molecule has 1 aromatic heterocycles. The highest BCUT2D eigenvalue weighted by atomic mass is 16.1. The number of ketones is 1. The van der Waals surface area contributed by atoms with Crippen LogP contribution in [0.4, 0.5) is 5.82 Å². The summed E-state index contributed by atoms with van der Waals surface area (Å²) in [4.78, 5) is 13.3. The standard InChI is InChI=1S/C9H13N3O/c1-11-9(4-5-10-11)12-6-2-3-8(13)7-12/h4-5H,2-3,6-7H2,1H3. The zero-order valence-electron chi connectivity index (χ0n) is 7.73. The number of aromatic nitrogens is 2. The van der Waals surface area contributed by atoms with Crippen LogP contribution in [-0.4, -0.2) is 28.7 Å². The summed E-state index contributed by atoms with van der Waals surface area (Å²) in [6, 6.07) is 1.94. The van der Waals surface area contributed by atoms with Gasteiger partial charge in [0.2, 0.25) is 0 Å². The lowest BCUT2D eigenvalue weighted by Gasteiger charge is -2.27. The minimum Gasteiger partial charge on any atom is -0.349 e. The van der Waals surface area contributed by atoms with Crippen LogP contribution >= 0.6 is 0 Å². The third kappa shape index (κ3) is 1.56. The number of hydrogen-bond acceptors (Lipinski definition) is 3. The molecular formula is C9H13N3O. The second-order valence-electron chi connectivity index (χ2n) is 3.38. The fourth-order valence-corrected chi connectivity index (χ4v) is 1.71. The molecule has 0 aliphatic carbocycles. The van der Waals surface area contributed by atoms with Crippen LogP contribution in [0.2, 0.25) is 0 Å². The molecule has 0 aromatic carbocycles. The van der Waals surface area contributed by atoms with Crippen molar-refractivity contribution in [2.75, 3.05) is 18.0 Å². The van der Waals surface area contributed by atoms with E-state index in [-0.39, 0.29) is 0 Å². The highest BCUT2D eigenvalue weighted by molar-refractivity contribution is 5.84. The Morgan fingerprint density at radius 3 is 3.00 bits per heavy atom. The minimum atomic E-state index is 0.326. The van der Waals surface area contributed by atoms with Crippen LogP contribution in [0.3, 0.4) is 0 Å². The van der Waals surface area contributed by atoms with E-state index in [1.165, 1.54) is 0 Å². The molecule has 70 valence electrons. The van der Waals surface area contributed by atoms with Gasteiger partial charge in [-0.3, -0.25) is 9.48 Å². The second-order valence-corrected chi connectivity index (χ2v) is 3.38. The van der Waals surface area contributed by atoms with Crippen molar-refractivity contribution in [3.05, 3.63) is 12.3 Å². The zero-order chi connectivity index (χ0) is 9.26. The lowest BCUT2D eigenvalue weighted by molar-refractivity contribution is -0.118. The van der Waals surface area contributed by atoms with E-state index in [0.29, 0.717) is 12.3 Å². The molecule has 2 rings (SSSR count). The van der Waals surface area contributed by atoms with E-state index in [2.05, 4.69) is 10.00 Å². The summed E-state index contributed by atoms with van der Waals surface area (Å²) in [5.41, 5.74) is 0. The van der Waals surface area contributed by atoms with E-state index in [9.17, 15) is 4.79 Å². The number of anilines is 1. The van der Waals surface area contributed by atoms with Gasteiger partial charge in [0, 0.05) is 26.1 Å². The predicted molar refractivity (Wildman–Crippen MR) is 49.7 cm³/mol. The van der Waals surface area contributed by atoms with Gasteiger partial charge in [0.25, 0.3) is 0 Å². The van der Waals surface area contributed by atoms with Crippen molar-refractivity contribution in [1.29, 1.82) is 0 Å². The van der Waals surface area contributed by atoms with E-state index >= 15 is 0 Å². The summed E-state index contributed by atoms with van der Waals surface area (Å²) >= 11 is 0. The number of rotatable bonds is 1. The molecule has 0 amide bonds. The molecule has 2 heterocycles. The molecule has 0 unspecified atom stereocenters. The first-order valence-corrected chi connectivity index (χ1v) is 4.52. The molecule has 13 heavy (non-hydrogen) atoms. The van der Waals surface area contributed by atoms with Crippen molar-refractivity contribution in [2.45, 2.75) is 12.8 Å². The zero-order valence-corrected chi connectivity index (χ0v) is 7.73. The van der Waals surface area contributed by atoms with Crippen LogP contribution in [0.1, 0.15) is 12.8 Å². The van der Waals surface area contributed by atoms with Crippen molar-refractivity contribution in [3.8, 4) is 0 Å². The number of aryl methyl sites for hydroxylation is 1. The fourth-order valence-electron chi connectivity index (χ4n) is 1.71. The Hall–Kier alpha value is -1.32. The molecule has 0 spiro atoms. The van der Waals surface area contributed by atoms with E-state index in [0.717, 1.165) is 25.2 Å². The minimum absolute atomic E-state index is 0.326. The Bertz CT molecular complexity index is 318. The van der Waals surface area contributed by atoms with Crippen LogP contribution in [0.5, 0.6) is 0 Å². The lowest BCUT2D eigenvalue weighted by Crippen LogP contribution is -2.36. The fraction of sp³-hybridized carbons (Fsp3) is 0.556. The molecule has 4 nitrogen and oxygen atoms in total. The first-order valence-electron chi connectivity index (χ1n) is 4.52. The van der Waals surface area contributed by atoms with Gasteiger partial charge in [0.15, 0.2) is 5.78 Å². The van der Waals surface area contributed by atoms with Gasteiger partial charge in [0.05, 0.1) is 12.7 Å². The molecule has 1 fully saturated rings. The van der Waals surface area contributed by atoms with Crippen molar-refractivity contribution < 1.29 is 4.79 Å². The number of hydrogen-bond donors (Lipinski definition) is 0. The monoisotopic (exact) mass is 179 g/mol. The highest BCUT2D eigenvalue weighted by Gasteiger charge is 2.18. The summed E-state index contributed by atoms with van der Waals surface area (Å²) < 4.78 is 1.80. The maximum Gasteiger partial charge on any atom is 0.152 e. The number of Topliss-reactive ketones (excluding diaryl/α,β-unsaturated/α-hetero) is 1. The van der Waals surface area contributed by atoms with E-state index in [1.807, 2.05) is 13.1 Å². The van der Waals surface area contributed by atoms with Gasteiger partial charge in [-0.05, 0) is 6.42 Å². The summed E-state index contributed by atoms with van der Waals surface area (Å²) in [5.74, 6) is 1.36. The normalized spacial score (nSPS) is 17.9. The van der Waals surface area contributed by atoms with Gasteiger partial charge in [-0.2, -0.15) is 5.10 Å². The highest BCUT2D eigenvalue weighted by Crippen LogP contribution is 2.16. The van der Waals surface area contributed by atoms with Crippen LogP contribution < -0.4 is 4.90 Å². The molecule has 4 heteroatoms. The summed E-state index contributed by atoms with van der Waals surface area (Å²) in [6.07, 6.45) is 3.45. The van der Waals surface area contributed by atoms with E-state index < -0.39 is 0 Å². The SMILES string of the molecule is Cn1nccc1N1CCCC(=O)C1. The number of nitrogens with zero attached hydrogens (tertiary/aromatic N) is 3. The summed E-state index contributed by atoms with van der Waals surface area (Å²) in [7, 11) is 1.90. The van der Waals surface area contributed by atoms with Gasteiger partial charge in [-0.25, -0.2) is 0 Å². The summed E-state index contributed by atoms with van der Waals surface area (Å²) in [6.45, 7) is 1.50. The van der Waals surface area contributed by atoms with E-state index in [1.54, 1.807) is 10.9 Å². The average Bonchev–Trinajstić information content (AvgIpc) is 2.51. The Morgan fingerprint density at radius 1 is 1.54 bits per heavy atom. The van der Waals surface area contributed by atoms with Crippen molar-refractivity contribution in [2.24, 2.45) is 7.05 Å². The topological polar surface area (TPSA) is 38.1 Å². The molecule has 0 bridgehead atoms. The Kier molecular flexibility index (Phi) is 2.04. The third-order valence-electron chi connectivity index (χ3n) is 2.37. The molecule has 0 saturated carbocycles. The molecule has 0 N–H and O–H groups in total. The van der Waals surface area contributed by atoms with Gasteiger partial charge in [-0.15, -0.1) is 0 Å². The first kappa shape index (κ1) is 8.29. The molecule has 0 radical (unpaired) electrons. The molecule has 1 aliphatic heterocycles. The van der Waals surface area contributed by atoms with Crippen LogP contribution in [0.15, 0.2) is 12.3 Å². The quantitative estimate of drug-likeness (QED) is 0.633. The number of carbonyl (C=O) groups is 1. The molecular weight excluding hydrogens is 166 g/mol. The molecule has 1 aliphatic rings.